The van der Waals surface area contributed by atoms with Crippen molar-refractivity contribution in [2.24, 2.45) is 11.1 Å². The molecule has 0 spiro atoms. The number of benzene rings is 1. The molecular formula is C14H19BrN2O3. The SMILES string of the molecule is CC(C)(Nc1cccc(Br)c1C(N)=O)C(C)(C)C(=O)O. The Morgan fingerprint density at radius 1 is 1.25 bits per heavy atom. The van der Waals surface area contributed by atoms with Crippen molar-refractivity contribution in [2.75, 3.05) is 5.32 Å². The highest BCUT2D eigenvalue weighted by Gasteiger charge is 2.43. The van der Waals surface area contributed by atoms with E-state index in [1.54, 1.807) is 45.9 Å². The van der Waals surface area contributed by atoms with E-state index in [-0.39, 0.29) is 0 Å². The van der Waals surface area contributed by atoms with E-state index in [0.717, 1.165) is 0 Å². The molecule has 0 aliphatic rings. The highest BCUT2D eigenvalue weighted by atomic mass is 79.9. The average molecular weight is 343 g/mol. The minimum absolute atomic E-state index is 0.307. The second kappa shape index (κ2) is 5.44. The molecule has 6 heteroatoms. The van der Waals surface area contributed by atoms with Gasteiger partial charge in [0.1, 0.15) is 0 Å². The first-order valence-electron chi connectivity index (χ1n) is 6.10. The third-order valence-electron chi connectivity index (χ3n) is 3.80. The summed E-state index contributed by atoms with van der Waals surface area (Å²) in [7, 11) is 0. The Hall–Kier alpha value is -1.56. The molecule has 110 valence electrons. The Balaban J connectivity index is 3.26. The summed E-state index contributed by atoms with van der Waals surface area (Å²) in [6, 6.07) is 5.16. The number of hydrogen-bond donors (Lipinski definition) is 3. The van der Waals surface area contributed by atoms with Gasteiger partial charge in [0.05, 0.1) is 11.0 Å². The minimum Gasteiger partial charge on any atom is -0.481 e. The first-order valence-corrected chi connectivity index (χ1v) is 6.90. The molecule has 1 aromatic rings. The lowest BCUT2D eigenvalue weighted by molar-refractivity contribution is -0.149. The number of primary amides is 1. The number of rotatable bonds is 5. The molecule has 0 atom stereocenters. The lowest BCUT2D eigenvalue weighted by Crippen LogP contribution is -2.50. The zero-order chi connectivity index (χ0) is 15.7. The van der Waals surface area contributed by atoms with E-state index in [1.165, 1.54) is 0 Å². The molecular weight excluding hydrogens is 324 g/mol. The monoisotopic (exact) mass is 342 g/mol. The number of amides is 1. The van der Waals surface area contributed by atoms with Gasteiger partial charge in [-0.3, -0.25) is 9.59 Å². The maximum atomic E-state index is 11.5. The van der Waals surface area contributed by atoms with E-state index in [2.05, 4.69) is 21.2 Å². The van der Waals surface area contributed by atoms with Crippen LogP contribution in [0.5, 0.6) is 0 Å². The van der Waals surface area contributed by atoms with Gasteiger partial charge in [0.2, 0.25) is 0 Å². The second-order valence-electron chi connectivity index (χ2n) is 5.71. The first-order chi connectivity index (χ1) is 9.00. The summed E-state index contributed by atoms with van der Waals surface area (Å²) in [5, 5.41) is 12.5. The lowest BCUT2D eigenvalue weighted by Gasteiger charge is -2.40. The van der Waals surface area contributed by atoms with Crippen molar-refractivity contribution in [3.8, 4) is 0 Å². The number of carboxylic acids is 1. The van der Waals surface area contributed by atoms with Gasteiger partial charge in [-0.05, 0) is 55.8 Å². The second-order valence-corrected chi connectivity index (χ2v) is 6.56. The van der Waals surface area contributed by atoms with E-state index in [1.807, 2.05) is 0 Å². The topological polar surface area (TPSA) is 92.4 Å². The van der Waals surface area contributed by atoms with Crippen LogP contribution >= 0.6 is 15.9 Å². The maximum absolute atomic E-state index is 11.5. The summed E-state index contributed by atoms with van der Waals surface area (Å²) in [4.78, 5) is 23.0. The van der Waals surface area contributed by atoms with Gasteiger partial charge in [0.25, 0.3) is 5.91 Å². The zero-order valence-corrected chi connectivity index (χ0v) is 13.5. The fourth-order valence-electron chi connectivity index (χ4n) is 1.64. The van der Waals surface area contributed by atoms with Gasteiger partial charge >= 0.3 is 5.97 Å². The highest BCUT2D eigenvalue weighted by Crippen LogP contribution is 2.36. The predicted molar refractivity (Wildman–Crippen MR) is 81.8 cm³/mol. The van der Waals surface area contributed by atoms with Gasteiger partial charge in [-0.2, -0.15) is 0 Å². The van der Waals surface area contributed by atoms with E-state index < -0.39 is 22.8 Å². The van der Waals surface area contributed by atoms with Crippen molar-refractivity contribution in [1.29, 1.82) is 0 Å². The zero-order valence-electron chi connectivity index (χ0n) is 12.0. The van der Waals surface area contributed by atoms with E-state index >= 15 is 0 Å². The molecule has 0 aliphatic heterocycles. The van der Waals surface area contributed by atoms with Crippen molar-refractivity contribution in [1.82, 2.24) is 0 Å². The Morgan fingerprint density at radius 2 is 1.80 bits per heavy atom. The molecule has 0 heterocycles. The number of carbonyl (C=O) groups excluding carboxylic acids is 1. The molecule has 20 heavy (non-hydrogen) atoms. The number of halogens is 1. The quantitative estimate of drug-likeness (QED) is 0.766. The van der Waals surface area contributed by atoms with Crippen molar-refractivity contribution >= 4 is 33.5 Å². The van der Waals surface area contributed by atoms with Crippen LogP contribution in [0.3, 0.4) is 0 Å². The van der Waals surface area contributed by atoms with Crippen molar-refractivity contribution in [3.05, 3.63) is 28.2 Å². The van der Waals surface area contributed by atoms with Crippen LogP contribution in [0.15, 0.2) is 22.7 Å². The summed E-state index contributed by atoms with van der Waals surface area (Å²) < 4.78 is 0.568. The molecule has 1 aromatic carbocycles. The van der Waals surface area contributed by atoms with Gasteiger partial charge in [0, 0.05) is 15.7 Å². The molecule has 0 fully saturated rings. The standard InChI is InChI=1S/C14H19BrN2O3/c1-13(2,12(19)20)14(3,4)17-9-7-5-6-8(15)10(9)11(16)18/h5-7,17H,1-4H3,(H2,16,18)(H,19,20). The molecule has 0 saturated carbocycles. The van der Waals surface area contributed by atoms with Crippen LogP contribution in [0.25, 0.3) is 0 Å². The maximum Gasteiger partial charge on any atom is 0.311 e. The fraction of sp³-hybridized carbons (Fsp3) is 0.429. The van der Waals surface area contributed by atoms with Gasteiger partial charge in [0.15, 0.2) is 0 Å². The number of hydrogen-bond acceptors (Lipinski definition) is 3. The number of carboxylic acid groups (broad SMARTS) is 1. The number of nitrogens with one attached hydrogen (secondary N) is 1. The van der Waals surface area contributed by atoms with Gasteiger partial charge in [-0.15, -0.1) is 0 Å². The fourth-order valence-corrected chi connectivity index (χ4v) is 2.20. The largest absolute Gasteiger partial charge is 0.481 e. The molecule has 0 aliphatic carbocycles. The van der Waals surface area contributed by atoms with E-state index in [0.29, 0.717) is 15.7 Å². The summed E-state index contributed by atoms with van der Waals surface area (Å²) in [6.45, 7) is 6.80. The van der Waals surface area contributed by atoms with Crippen molar-refractivity contribution < 1.29 is 14.7 Å². The van der Waals surface area contributed by atoms with Crippen LogP contribution in [-0.4, -0.2) is 22.5 Å². The van der Waals surface area contributed by atoms with Crippen LogP contribution in [0, 0.1) is 5.41 Å². The summed E-state index contributed by atoms with van der Waals surface area (Å²) in [6.07, 6.45) is 0. The number of nitrogens with two attached hydrogens (primary N) is 1. The van der Waals surface area contributed by atoms with Crippen LogP contribution in [-0.2, 0) is 4.79 Å². The molecule has 0 aromatic heterocycles. The molecule has 4 N–H and O–H groups in total. The molecule has 5 nitrogen and oxygen atoms in total. The summed E-state index contributed by atoms with van der Waals surface area (Å²) in [5.41, 5.74) is 4.37. The van der Waals surface area contributed by atoms with Crippen molar-refractivity contribution in [3.63, 3.8) is 0 Å². The summed E-state index contributed by atoms with van der Waals surface area (Å²) in [5.74, 6) is -1.51. The average Bonchev–Trinajstić information content (AvgIpc) is 2.27. The molecule has 1 amide bonds. The van der Waals surface area contributed by atoms with Crippen LogP contribution < -0.4 is 11.1 Å². The third-order valence-corrected chi connectivity index (χ3v) is 4.47. The smallest absolute Gasteiger partial charge is 0.311 e. The third kappa shape index (κ3) is 2.95. The first kappa shape index (κ1) is 16.5. The molecule has 0 radical (unpaired) electrons. The van der Waals surface area contributed by atoms with Crippen LogP contribution in [0.1, 0.15) is 38.1 Å². The highest BCUT2D eigenvalue weighted by molar-refractivity contribution is 9.10. The lowest BCUT2D eigenvalue weighted by atomic mass is 9.74. The Bertz CT molecular complexity index is 553. The minimum atomic E-state index is -1.04. The number of carbonyl (C=O) groups is 2. The Kier molecular flexibility index (Phi) is 4.49. The number of anilines is 1. The molecule has 0 saturated heterocycles. The normalized spacial score (nSPS) is 12.1. The number of aliphatic carboxylic acids is 1. The Labute approximate surface area is 126 Å². The molecule has 1 rings (SSSR count). The van der Waals surface area contributed by atoms with E-state index in [4.69, 9.17) is 5.73 Å². The van der Waals surface area contributed by atoms with Gasteiger partial charge in [-0.25, -0.2) is 0 Å². The van der Waals surface area contributed by atoms with Crippen molar-refractivity contribution in [2.45, 2.75) is 33.2 Å². The van der Waals surface area contributed by atoms with Crippen LogP contribution in [0.4, 0.5) is 5.69 Å². The van der Waals surface area contributed by atoms with Gasteiger partial charge < -0.3 is 16.2 Å². The predicted octanol–water partition coefficient (Wildman–Crippen LogP) is 2.85. The molecule has 0 unspecified atom stereocenters. The van der Waals surface area contributed by atoms with E-state index in [9.17, 15) is 14.7 Å². The summed E-state index contributed by atoms with van der Waals surface area (Å²) >= 11 is 3.28. The Morgan fingerprint density at radius 3 is 2.25 bits per heavy atom. The van der Waals surface area contributed by atoms with Gasteiger partial charge in [-0.1, -0.05) is 6.07 Å². The van der Waals surface area contributed by atoms with Crippen LogP contribution in [0.2, 0.25) is 0 Å². The molecule has 0 bridgehead atoms.